The van der Waals surface area contributed by atoms with Gasteiger partial charge in [0.25, 0.3) is 0 Å². The molecule has 0 rings (SSSR count). The normalized spacial score (nSPS) is 9.40. The Hall–Kier alpha value is -0.223. The first-order valence-corrected chi connectivity index (χ1v) is 5.07. The van der Waals surface area contributed by atoms with Gasteiger partial charge >= 0.3 is 8.93 Å². The fraction of sp³-hybridized carbons (Fsp3) is 1.00. The first kappa shape index (κ1) is 9.78. The van der Waals surface area contributed by atoms with Crippen molar-refractivity contribution in [2.24, 2.45) is 0 Å². The summed E-state index contributed by atoms with van der Waals surface area (Å²) in [6, 6.07) is 0.548. The molecule has 60 valence electrons. The summed E-state index contributed by atoms with van der Waals surface area (Å²) < 4.78 is 20.7. The highest BCUT2D eigenvalue weighted by Gasteiger charge is 2.04. The highest BCUT2D eigenvalue weighted by molar-refractivity contribution is 6.34. The van der Waals surface area contributed by atoms with Gasteiger partial charge in [0.1, 0.15) is 0 Å². The lowest BCUT2D eigenvalue weighted by molar-refractivity contribution is 0.156. The van der Waals surface area contributed by atoms with Crippen LogP contribution in [0.3, 0.4) is 0 Å². The summed E-state index contributed by atoms with van der Waals surface area (Å²) in [6.07, 6.45) is 0. The smallest absolute Gasteiger partial charge is 0.504 e. The van der Waals surface area contributed by atoms with Crippen molar-refractivity contribution in [2.75, 3.05) is 19.8 Å². The standard InChI is InChI=1S/C6H14O3Si/c1-3-8-5-6-10(7)9-4-2/h3-6H2,1-2H3. The molecular weight excluding hydrogens is 148 g/mol. The lowest BCUT2D eigenvalue weighted by atomic mass is 10.8. The van der Waals surface area contributed by atoms with Crippen LogP contribution in [0.1, 0.15) is 13.8 Å². The van der Waals surface area contributed by atoms with E-state index in [4.69, 9.17) is 9.16 Å². The maximum atomic E-state index is 10.8. The fourth-order valence-electron chi connectivity index (χ4n) is 0.533. The topological polar surface area (TPSA) is 35.5 Å². The molecular formula is C6H14O3Si. The van der Waals surface area contributed by atoms with Crippen molar-refractivity contribution in [3.63, 3.8) is 0 Å². The lowest BCUT2D eigenvalue weighted by Gasteiger charge is -1.99. The van der Waals surface area contributed by atoms with Gasteiger partial charge in [-0.3, -0.25) is 0 Å². The summed E-state index contributed by atoms with van der Waals surface area (Å²) in [7, 11) is -1.79. The van der Waals surface area contributed by atoms with Crippen LogP contribution in [0.5, 0.6) is 0 Å². The SMILES string of the molecule is CCOCC[Si](=O)OCC. The second-order valence-electron chi connectivity index (χ2n) is 1.75. The Morgan fingerprint density at radius 3 is 2.50 bits per heavy atom. The van der Waals surface area contributed by atoms with Gasteiger partial charge in [-0.15, -0.1) is 0 Å². The second kappa shape index (κ2) is 6.89. The third-order valence-electron chi connectivity index (χ3n) is 0.960. The molecule has 0 atom stereocenters. The van der Waals surface area contributed by atoms with Crippen LogP contribution in [0.2, 0.25) is 6.04 Å². The van der Waals surface area contributed by atoms with Crippen molar-refractivity contribution >= 4 is 8.93 Å². The van der Waals surface area contributed by atoms with Crippen LogP contribution < -0.4 is 0 Å². The molecule has 10 heavy (non-hydrogen) atoms. The van der Waals surface area contributed by atoms with Crippen LogP contribution in [0.4, 0.5) is 0 Å². The predicted molar refractivity (Wildman–Crippen MR) is 39.4 cm³/mol. The zero-order chi connectivity index (χ0) is 7.82. The monoisotopic (exact) mass is 162 g/mol. The van der Waals surface area contributed by atoms with Gasteiger partial charge in [0.2, 0.25) is 0 Å². The quantitative estimate of drug-likeness (QED) is 0.431. The molecule has 0 amide bonds. The summed E-state index contributed by atoms with van der Waals surface area (Å²) in [6.45, 7) is 5.51. The van der Waals surface area contributed by atoms with E-state index in [-0.39, 0.29) is 0 Å². The maximum absolute atomic E-state index is 10.8. The van der Waals surface area contributed by atoms with Crippen LogP contribution in [0.15, 0.2) is 0 Å². The zero-order valence-electron chi connectivity index (χ0n) is 6.55. The van der Waals surface area contributed by atoms with Gasteiger partial charge in [0.15, 0.2) is 0 Å². The minimum atomic E-state index is -1.79. The molecule has 3 nitrogen and oxygen atoms in total. The third kappa shape index (κ3) is 5.91. The van der Waals surface area contributed by atoms with Crippen LogP contribution >= 0.6 is 0 Å². The van der Waals surface area contributed by atoms with Gasteiger partial charge in [-0.25, -0.2) is 0 Å². The van der Waals surface area contributed by atoms with Crippen molar-refractivity contribution in [1.82, 2.24) is 0 Å². The van der Waals surface area contributed by atoms with E-state index in [2.05, 4.69) is 0 Å². The van der Waals surface area contributed by atoms with Crippen molar-refractivity contribution in [3.8, 4) is 0 Å². The summed E-state index contributed by atoms with van der Waals surface area (Å²) in [5.41, 5.74) is 0. The summed E-state index contributed by atoms with van der Waals surface area (Å²) in [5.74, 6) is 0. The predicted octanol–water partition coefficient (Wildman–Crippen LogP) is 0.978. The van der Waals surface area contributed by atoms with Gasteiger partial charge < -0.3 is 13.6 Å². The molecule has 0 bridgehead atoms. The molecule has 0 aromatic heterocycles. The van der Waals surface area contributed by atoms with E-state index in [1.54, 1.807) is 0 Å². The van der Waals surface area contributed by atoms with Crippen molar-refractivity contribution in [3.05, 3.63) is 0 Å². The van der Waals surface area contributed by atoms with E-state index in [1.165, 1.54) is 0 Å². The largest absolute Gasteiger partial charge is 0.524 e. The van der Waals surface area contributed by atoms with Crippen LogP contribution in [-0.2, 0) is 13.6 Å². The number of ether oxygens (including phenoxy) is 1. The molecule has 0 N–H and O–H groups in total. The lowest BCUT2D eigenvalue weighted by Crippen LogP contribution is -2.09. The Balaban J connectivity index is 3.05. The minimum absolute atomic E-state index is 0.532. The molecule has 0 aliphatic rings. The first-order chi connectivity index (χ1) is 4.81. The van der Waals surface area contributed by atoms with Gasteiger partial charge in [-0.1, -0.05) is 0 Å². The third-order valence-corrected chi connectivity index (χ3v) is 2.18. The Bertz CT molecular complexity index is 95.0. The first-order valence-electron chi connectivity index (χ1n) is 3.54. The molecule has 0 radical (unpaired) electrons. The molecule has 4 heteroatoms. The molecule has 0 aromatic carbocycles. The molecule has 0 aliphatic heterocycles. The van der Waals surface area contributed by atoms with Gasteiger partial charge in [-0.05, 0) is 13.8 Å². The molecule has 0 spiro atoms. The average Bonchev–Trinajstić information content (AvgIpc) is 1.89. The Kier molecular flexibility index (Phi) is 6.74. The van der Waals surface area contributed by atoms with Gasteiger partial charge in [0, 0.05) is 6.61 Å². The molecule has 0 unspecified atom stereocenters. The molecule has 0 heterocycles. The molecule has 0 saturated heterocycles. The number of rotatable bonds is 6. The Morgan fingerprint density at radius 2 is 2.00 bits per heavy atom. The fourth-order valence-corrected chi connectivity index (χ4v) is 1.31. The van der Waals surface area contributed by atoms with Crippen molar-refractivity contribution in [1.29, 1.82) is 0 Å². The van der Waals surface area contributed by atoms with Gasteiger partial charge in [-0.2, -0.15) is 0 Å². The van der Waals surface area contributed by atoms with E-state index >= 15 is 0 Å². The maximum Gasteiger partial charge on any atom is 0.504 e. The van der Waals surface area contributed by atoms with Gasteiger partial charge in [0.05, 0.1) is 19.3 Å². The van der Waals surface area contributed by atoms with E-state index in [0.29, 0.717) is 25.9 Å². The highest BCUT2D eigenvalue weighted by atomic mass is 28.3. The second-order valence-corrected chi connectivity index (χ2v) is 3.28. The van der Waals surface area contributed by atoms with Crippen LogP contribution in [0.25, 0.3) is 0 Å². The van der Waals surface area contributed by atoms with E-state index in [1.807, 2.05) is 13.8 Å². The molecule has 0 aromatic rings. The van der Waals surface area contributed by atoms with Crippen LogP contribution in [0, 0.1) is 0 Å². The Morgan fingerprint density at radius 1 is 1.30 bits per heavy atom. The zero-order valence-corrected chi connectivity index (χ0v) is 7.55. The molecule has 0 fully saturated rings. The number of hydrogen-bond acceptors (Lipinski definition) is 3. The number of hydrogen-bond donors (Lipinski definition) is 0. The molecule has 0 aliphatic carbocycles. The van der Waals surface area contributed by atoms with E-state index in [0.717, 1.165) is 0 Å². The average molecular weight is 162 g/mol. The minimum Gasteiger partial charge on any atom is -0.524 e. The van der Waals surface area contributed by atoms with Crippen LogP contribution in [-0.4, -0.2) is 28.7 Å². The summed E-state index contributed by atoms with van der Waals surface area (Å²) >= 11 is 0. The summed E-state index contributed by atoms with van der Waals surface area (Å²) in [5, 5.41) is 0. The molecule has 0 saturated carbocycles. The van der Waals surface area contributed by atoms with E-state index in [9.17, 15) is 4.46 Å². The van der Waals surface area contributed by atoms with E-state index < -0.39 is 8.93 Å². The Labute approximate surface area is 63.1 Å². The van der Waals surface area contributed by atoms with Crippen molar-refractivity contribution in [2.45, 2.75) is 19.9 Å². The summed E-state index contributed by atoms with van der Waals surface area (Å²) in [4.78, 5) is 0. The highest BCUT2D eigenvalue weighted by Crippen LogP contribution is 1.86. The van der Waals surface area contributed by atoms with Crippen molar-refractivity contribution < 1.29 is 13.6 Å².